The van der Waals surface area contributed by atoms with Crippen molar-refractivity contribution in [3.8, 4) is 5.88 Å². The average molecular weight is 207 g/mol. The van der Waals surface area contributed by atoms with Crippen LogP contribution >= 0.6 is 0 Å². The Kier molecular flexibility index (Phi) is 3.85. The zero-order chi connectivity index (χ0) is 11.3. The Balaban J connectivity index is 2.78. The number of carboxylic acid groups (broad SMARTS) is 1. The van der Waals surface area contributed by atoms with Gasteiger partial charge in [0.05, 0.1) is 5.69 Å². The summed E-state index contributed by atoms with van der Waals surface area (Å²) < 4.78 is 5.21. The SMILES string of the molecule is C=Cc1cccc(OC(CC)C(=O)O)n1. The van der Waals surface area contributed by atoms with Gasteiger partial charge in [-0.25, -0.2) is 9.78 Å². The largest absolute Gasteiger partial charge is 0.479 e. The molecule has 1 aromatic heterocycles. The lowest BCUT2D eigenvalue weighted by molar-refractivity contribution is -0.145. The van der Waals surface area contributed by atoms with Gasteiger partial charge in [-0.3, -0.25) is 0 Å². The van der Waals surface area contributed by atoms with Gasteiger partial charge in [0.1, 0.15) is 0 Å². The first-order chi connectivity index (χ1) is 7.17. The van der Waals surface area contributed by atoms with Gasteiger partial charge >= 0.3 is 5.97 Å². The van der Waals surface area contributed by atoms with Gasteiger partial charge < -0.3 is 9.84 Å². The first-order valence-electron chi connectivity index (χ1n) is 4.66. The normalized spacial score (nSPS) is 11.8. The number of hydrogen-bond donors (Lipinski definition) is 1. The van der Waals surface area contributed by atoms with Crippen molar-refractivity contribution in [2.45, 2.75) is 19.4 Å². The smallest absolute Gasteiger partial charge is 0.344 e. The van der Waals surface area contributed by atoms with E-state index in [1.54, 1.807) is 31.2 Å². The topological polar surface area (TPSA) is 59.4 Å². The van der Waals surface area contributed by atoms with Crippen LogP contribution in [0.1, 0.15) is 19.0 Å². The van der Waals surface area contributed by atoms with E-state index in [0.29, 0.717) is 18.0 Å². The Morgan fingerprint density at radius 3 is 3.00 bits per heavy atom. The molecule has 1 aromatic rings. The van der Waals surface area contributed by atoms with Crippen LogP contribution in [0.5, 0.6) is 5.88 Å². The van der Waals surface area contributed by atoms with Crippen LogP contribution in [0.15, 0.2) is 24.8 Å². The Bertz CT molecular complexity index is 363. The number of carbonyl (C=O) groups is 1. The van der Waals surface area contributed by atoms with Gasteiger partial charge in [0, 0.05) is 6.07 Å². The molecule has 1 unspecified atom stereocenters. The molecule has 0 radical (unpaired) electrons. The predicted octanol–water partition coefficient (Wildman–Crippen LogP) is 1.97. The number of nitrogens with zero attached hydrogens (tertiary/aromatic N) is 1. The number of aromatic nitrogens is 1. The molecule has 0 aliphatic heterocycles. The van der Waals surface area contributed by atoms with Crippen molar-refractivity contribution >= 4 is 12.0 Å². The summed E-state index contributed by atoms with van der Waals surface area (Å²) in [6, 6.07) is 5.13. The van der Waals surface area contributed by atoms with Crippen molar-refractivity contribution < 1.29 is 14.6 Å². The Hall–Kier alpha value is -1.84. The highest BCUT2D eigenvalue weighted by Gasteiger charge is 2.17. The number of carboxylic acids is 1. The van der Waals surface area contributed by atoms with Crippen LogP contribution in [0.2, 0.25) is 0 Å². The Morgan fingerprint density at radius 1 is 1.73 bits per heavy atom. The Morgan fingerprint density at radius 2 is 2.47 bits per heavy atom. The molecular weight excluding hydrogens is 194 g/mol. The van der Waals surface area contributed by atoms with E-state index in [4.69, 9.17) is 9.84 Å². The van der Waals surface area contributed by atoms with Crippen molar-refractivity contribution in [1.29, 1.82) is 0 Å². The highest BCUT2D eigenvalue weighted by Crippen LogP contribution is 2.11. The zero-order valence-corrected chi connectivity index (χ0v) is 8.51. The van der Waals surface area contributed by atoms with Crippen molar-refractivity contribution in [1.82, 2.24) is 4.98 Å². The van der Waals surface area contributed by atoms with E-state index in [9.17, 15) is 4.79 Å². The molecule has 0 bridgehead atoms. The first-order valence-corrected chi connectivity index (χ1v) is 4.66. The van der Waals surface area contributed by atoms with E-state index in [2.05, 4.69) is 11.6 Å². The third-order valence-corrected chi connectivity index (χ3v) is 1.86. The third-order valence-electron chi connectivity index (χ3n) is 1.86. The highest BCUT2D eigenvalue weighted by atomic mass is 16.5. The summed E-state index contributed by atoms with van der Waals surface area (Å²) in [5.41, 5.74) is 0.660. The second kappa shape index (κ2) is 5.14. The molecule has 0 saturated carbocycles. The van der Waals surface area contributed by atoms with Gasteiger partial charge in [-0.1, -0.05) is 19.6 Å². The zero-order valence-electron chi connectivity index (χ0n) is 8.51. The van der Waals surface area contributed by atoms with Crippen molar-refractivity contribution in [2.75, 3.05) is 0 Å². The molecule has 0 aliphatic rings. The van der Waals surface area contributed by atoms with Crippen LogP contribution in [0.4, 0.5) is 0 Å². The maximum absolute atomic E-state index is 10.7. The minimum absolute atomic E-state index is 0.307. The lowest BCUT2D eigenvalue weighted by atomic mass is 10.3. The summed E-state index contributed by atoms with van der Waals surface area (Å²) in [5, 5.41) is 8.79. The molecule has 1 N–H and O–H groups in total. The standard InChI is InChI=1S/C11H13NO3/c1-3-8-6-5-7-10(12-8)15-9(4-2)11(13)14/h3,5-7,9H,1,4H2,2H3,(H,13,14). The summed E-state index contributed by atoms with van der Waals surface area (Å²) >= 11 is 0. The van der Waals surface area contributed by atoms with Gasteiger partial charge in [0.2, 0.25) is 5.88 Å². The minimum atomic E-state index is -0.983. The monoisotopic (exact) mass is 207 g/mol. The second-order valence-corrected chi connectivity index (χ2v) is 2.96. The fraction of sp³-hybridized carbons (Fsp3) is 0.273. The molecule has 1 atom stereocenters. The van der Waals surface area contributed by atoms with Gasteiger partial charge in [0.15, 0.2) is 6.10 Å². The molecule has 1 rings (SSSR count). The molecule has 0 aromatic carbocycles. The highest BCUT2D eigenvalue weighted by molar-refractivity contribution is 5.72. The third kappa shape index (κ3) is 3.09. The summed E-state index contributed by atoms with van der Waals surface area (Å²) in [7, 11) is 0. The maximum atomic E-state index is 10.7. The number of rotatable bonds is 5. The quantitative estimate of drug-likeness (QED) is 0.801. The summed E-state index contributed by atoms with van der Waals surface area (Å²) in [5.74, 6) is -0.676. The summed E-state index contributed by atoms with van der Waals surface area (Å²) in [6.45, 7) is 5.32. The molecule has 4 heteroatoms. The van der Waals surface area contributed by atoms with E-state index in [1.807, 2.05) is 0 Å². The van der Waals surface area contributed by atoms with E-state index in [0.717, 1.165) is 0 Å². The molecule has 0 amide bonds. The van der Waals surface area contributed by atoms with Crippen LogP contribution in [-0.4, -0.2) is 22.2 Å². The summed E-state index contributed by atoms with van der Waals surface area (Å²) in [4.78, 5) is 14.8. The molecule has 1 heterocycles. The van der Waals surface area contributed by atoms with Gasteiger partial charge in [-0.15, -0.1) is 0 Å². The lowest BCUT2D eigenvalue weighted by Crippen LogP contribution is -2.26. The van der Waals surface area contributed by atoms with Crippen LogP contribution in [0, 0.1) is 0 Å². The van der Waals surface area contributed by atoms with Crippen molar-refractivity contribution in [3.63, 3.8) is 0 Å². The van der Waals surface area contributed by atoms with E-state index < -0.39 is 12.1 Å². The number of pyridine rings is 1. The molecule has 0 fully saturated rings. The summed E-state index contributed by atoms with van der Waals surface area (Å²) in [6.07, 6.45) is 1.13. The Labute approximate surface area is 88.2 Å². The van der Waals surface area contributed by atoms with E-state index >= 15 is 0 Å². The number of aliphatic carboxylic acids is 1. The molecule has 0 spiro atoms. The maximum Gasteiger partial charge on any atom is 0.344 e. The van der Waals surface area contributed by atoms with Crippen LogP contribution in [-0.2, 0) is 4.79 Å². The molecule has 15 heavy (non-hydrogen) atoms. The molecular formula is C11H13NO3. The number of hydrogen-bond acceptors (Lipinski definition) is 3. The van der Waals surface area contributed by atoms with Gasteiger partial charge in [-0.2, -0.15) is 0 Å². The molecule has 4 nitrogen and oxygen atoms in total. The van der Waals surface area contributed by atoms with E-state index in [1.165, 1.54) is 0 Å². The first kappa shape index (κ1) is 11.2. The minimum Gasteiger partial charge on any atom is -0.479 e. The van der Waals surface area contributed by atoms with Crippen LogP contribution in [0.3, 0.4) is 0 Å². The van der Waals surface area contributed by atoms with Gasteiger partial charge in [-0.05, 0) is 18.6 Å². The molecule has 80 valence electrons. The van der Waals surface area contributed by atoms with Crippen LogP contribution in [0.25, 0.3) is 6.08 Å². The average Bonchev–Trinajstić information content (AvgIpc) is 2.25. The number of ether oxygens (including phenoxy) is 1. The fourth-order valence-corrected chi connectivity index (χ4v) is 1.06. The van der Waals surface area contributed by atoms with Gasteiger partial charge in [0.25, 0.3) is 0 Å². The lowest BCUT2D eigenvalue weighted by Gasteiger charge is -2.12. The molecule has 0 aliphatic carbocycles. The molecule has 0 saturated heterocycles. The predicted molar refractivity (Wildman–Crippen MR) is 56.7 cm³/mol. The van der Waals surface area contributed by atoms with Crippen molar-refractivity contribution in [2.24, 2.45) is 0 Å². The van der Waals surface area contributed by atoms with Crippen LogP contribution < -0.4 is 4.74 Å². The van der Waals surface area contributed by atoms with E-state index in [-0.39, 0.29) is 0 Å². The second-order valence-electron chi connectivity index (χ2n) is 2.96. The van der Waals surface area contributed by atoms with Crippen molar-refractivity contribution in [3.05, 3.63) is 30.5 Å². The fourth-order valence-electron chi connectivity index (χ4n) is 1.06.